The number of ether oxygens (including phenoxy) is 1. The summed E-state index contributed by atoms with van der Waals surface area (Å²) < 4.78 is 61.0. The van der Waals surface area contributed by atoms with Gasteiger partial charge < -0.3 is 9.84 Å². The van der Waals surface area contributed by atoms with Gasteiger partial charge in [0.05, 0.1) is 12.2 Å². The van der Waals surface area contributed by atoms with Crippen molar-refractivity contribution >= 4 is 0 Å². The zero-order valence-corrected chi connectivity index (χ0v) is 18.7. The highest BCUT2D eigenvalue weighted by molar-refractivity contribution is 5.24. The Balaban J connectivity index is 1.26. The van der Waals surface area contributed by atoms with E-state index in [1.165, 1.54) is 25.7 Å². The smallest absolute Gasteiger partial charge is 0.103 e. The van der Waals surface area contributed by atoms with Crippen molar-refractivity contribution in [2.45, 2.75) is 123 Å². The third kappa shape index (κ3) is 2.94. The molecule has 5 fully saturated rings. The molecule has 0 bridgehead atoms. The Hall–Kier alpha value is -0.0800. The average Bonchev–Trinajstić information content (AvgIpc) is 3.33. The minimum absolute atomic E-state index is 0.0842. The summed E-state index contributed by atoms with van der Waals surface area (Å²) in [5.74, 6) is 0.551. The molecule has 0 unspecified atom stereocenters. The molecule has 4 saturated carbocycles. The first-order valence-electron chi connectivity index (χ1n) is 15.9. The van der Waals surface area contributed by atoms with Crippen molar-refractivity contribution in [3.63, 3.8) is 0 Å². The normalized spacial score (nSPS) is 59.1. The van der Waals surface area contributed by atoms with Crippen molar-refractivity contribution < 1.29 is 19.4 Å². The minimum Gasteiger partial charge on any atom is -0.393 e. The number of fused-ring (bicyclic) bond motifs is 4. The van der Waals surface area contributed by atoms with Crippen LogP contribution in [-0.2, 0) is 4.74 Å². The number of hydrogen-bond acceptors (Lipinski definition) is 2. The number of epoxide rings is 1. The van der Waals surface area contributed by atoms with E-state index in [0.29, 0.717) is 42.1 Å². The third-order valence-corrected chi connectivity index (χ3v) is 10.9. The molecule has 0 aromatic carbocycles. The predicted octanol–water partition coefficient (Wildman–Crippen LogP) is 6.60. The molecular weight excluding hydrogens is 356 g/mol. The van der Waals surface area contributed by atoms with Crippen molar-refractivity contribution in [3.05, 3.63) is 0 Å². The molecule has 1 heterocycles. The summed E-state index contributed by atoms with van der Waals surface area (Å²) in [6, 6.07) is 0. The van der Waals surface area contributed by atoms with E-state index < -0.39 is 19.6 Å². The molecular formula is C27H46O2. The molecule has 0 aromatic heterocycles. The standard InChI is InChI=1S/C27H46O2/c1-17(2)7-6-8-18(3)21-9-10-22-20-15-24-27(29-24)16-19(28)11-14-26(27,5)23(20)12-13-25(21,22)4/h17-24,28H,6-16H2,1-5H3/t18-,19+,20+,21-,22+,23+,24-,25-,26-,27-/m1/s1/i1D3,2D3,17D. The Morgan fingerprint density at radius 3 is 2.72 bits per heavy atom. The van der Waals surface area contributed by atoms with Crippen molar-refractivity contribution in [1.29, 1.82) is 0 Å². The second-order valence-electron chi connectivity index (χ2n) is 12.0. The number of aliphatic hydroxyl groups excluding tert-OH is 1. The molecule has 1 spiro atoms. The Kier molecular flexibility index (Phi) is 3.39. The van der Waals surface area contributed by atoms with Gasteiger partial charge in [-0.2, -0.15) is 0 Å². The fraction of sp³-hybridized carbons (Fsp3) is 1.00. The van der Waals surface area contributed by atoms with Crippen LogP contribution in [-0.4, -0.2) is 22.9 Å². The Morgan fingerprint density at radius 2 is 1.93 bits per heavy atom. The van der Waals surface area contributed by atoms with Crippen molar-refractivity contribution in [2.24, 2.45) is 46.3 Å². The molecule has 2 nitrogen and oxygen atoms in total. The first-order chi connectivity index (χ1) is 16.5. The molecule has 1 aliphatic heterocycles. The van der Waals surface area contributed by atoms with Crippen molar-refractivity contribution in [2.75, 3.05) is 0 Å². The maximum atomic E-state index is 10.4. The van der Waals surface area contributed by atoms with Gasteiger partial charge in [-0.3, -0.25) is 0 Å². The molecule has 1 saturated heterocycles. The molecule has 0 radical (unpaired) electrons. The number of aliphatic hydroxyl groups is 1. The number of rotatable bonds is 5. The lowest BCUT2D eigenvalue weighted by Crippen LogP contribution is -2.58. The zero-order valence-electron chi connectivity index (χ0n) is 25.7. The highest BCUT2D eigenvalue weighted by Crippen LogP contribution is 2.74. The van der Waals surface area contributed by atoms with Gasteiger partial charge in [-0.05, 0) is 85.8 Å². The lowest BCUT2D eigenvalue weighted by atomic mass is 9.44. The first kappa shape index (κ1) is 14.1. The van der Waals surface area contributed by atoms with E-state index in [-0.39, 0.29) is 29.0 Å². The van der Waals surface area contributed by atoms with Crippen LogP contribution in [0.4, 0.5) is 0 Å². The zero-order chi connectivity index (χ0) is 26.5. The van der Waals surface area contributed by atoms with Gasteiger partial charge in [-0.1, -0.05) is 53.7 Å². The number of hydrogen-bond donors (Lipinski definition) is 1. The van der Waals surface area contributed by atoms with Crippen LogP contribution in [0.25, 0.3) is 0 Å². The summed E-state index contributed by atoms with van der Waals surface area (Å²) in [5, 5.41) is 10.4. The SMILES string of the molecule is [2H]C([2H])([2H])C([2H])(CCC[C@@H](C)[C@H]1CC[C@H]2[C@@H]3C[C@H]4O[C@]45C[C@@H](O)CC[C@]5(C)[C@H]3CC[C@]12C)C([2H])([2H])[2H]. The molecule has 0 aromatic rings. The molecule has 2 heteroatoms. The van der Waals surface area contributed by atoms with Crippen molar-refractivity contribution in [3.8, 4) is 0 Å². The summed E-state index contributed by atoms with van der Waals surface area (Å²) >= 11 is 0. The van der Waals surface area contributed by atoms with E-state index in [1.807, 2.05) is 0 Å². The summed E-state index contributed by atoms with van der Waals surface area (Å²) in [5.41, 5.74) is 0.345. The van der Waals surface area contributed by atoms with E-state index in [0.717, 1.165) is 32.1 Å². The van der Waals surface area contributed by atoms with Gasteiger partial charge in [-0.15, -0.1) is 0 Å². The molecule has 5 aliphatic rings. The minimum atomic E-state index is -2.82. The van der Waals surface area contributed by atoms with E-state index in [9.17, 15) is 5.11 Å². The largest absolute Gasteiger partial charge is 0.393 e. The van der Waals surface area contributed by atoms with Gasteiger partial charge in [0.1, 0.15) is 5.60 Å². The molecule has 0 amide bonds. The van der Waals surface area contributed by atoms with Gasteiger partial charge >= 0.3 is 0 Å². The first-order valence-corrected chi connectivity index (χ1v) is 12.4. The molecule has 29 heavy (non-hydrogen) atoms. The Labute approximate surface area is 189 Å². The summed E-state index contributed by atoms with van der Waals surface area (Å²) in [6.07, 6.45) is 9.95. The van der Waals surface area contributed by atoms with E-state index in [2.05, 4.69) is 20.8 Å². The van der Waals surface area contributed by atoms with Crippen LogP contribution in [0.5, 0.6) is 0 Å². The topological polar surface area (TPSA) is 32.8 Å². The van der Waals surface area contributed by atoms with Crippen LogP contribution in [0, 0.1) is 46.3 Å². The van der Waals surface area contributed by atoms with Crippen LogP contribution in [0.15, 0.2) is 0 Å². The Bertz CT molecular complexity index is 844. The van der Waals surface area contributed by atoms with E-state index >= 15 is 0 Å². The summed E-state index contributed by atoms with van der Waals surface area (Å²) in [7, 11) is 0. The highest BCUT2D eigenvalue weighted by Gasteiger charge is 2.76. The second-order valence-corrected chi connectivity index (χ2v) is 12.0. The summed E-state index contributed by atoms with van der Waals surface area (Å²) in [6.45, 7) is 1.56. The average molecular weight is 410 g/mol. The van der Waals surface area contributed by atoms with Gasteiger partial charge in [0, 0.05) is 21.4 Å². The summed E-state index contributed by atoms with van der Waals surface area (Å²) in [4.78, 5) is 0. The van der Waals surface area contributed by atoms with E-state index in [4.69, 9.17) is 14.3 Å². The third-order valence-electron chi connectivity index (χ3n) is 10.9. The molecule has 10 atom stereocenters. The fourth-order valence-electron chi connectivity index (χ4n) is 9.43. The second kappa shape index (κ2) is 6.96. The highest BCUT2D eigenvalue weighted by atomic mass is 16.6. The van der Waals surface area contributed by atoms with Crippen LogP contribution < -0.4 is 0 Å². The monoisotopic (exact) mass is 409 g/mol. The van der Waals surface area contributed by atoms with Crippen LogP contribution in [0.2, 0.25) is 0 Å². The van der Waals surface area contributed by atoms with Gasteiger partial charge in [0.25, 0.3) is 0 Å². The lowest BCUT2D eigenvalue weighted by molar-refractivity contribution is -0.116. The van der Waals surface area contributed by atoms with E-state index in [1.54, 1.807) is 0 Å². The lowest BCUT2D eigenvalue weighted by Gasteiger charge is -2.59. The quantitative estimate of drug-likeness (QED) is 0.519. The molecule has 1 N–H and O–H groups in total. The van der Waals surface area contributed by atoms with Gasteiger partial charge in [0.2, 0.25) is 0 Å². The predicted molar refractivity (Wildman–Crippen MR) is 119 cm³/mol. The maximum absolute atomic E-state index is 10.4. The molecule has 166 valence electrons. The van der Waals surface area contributed by atoms with Gasteiger partial charge in [0.15, 0.2) is 0 Å². The maximum Gasteiger partial charge on any atom is 0.103 e. The Morgan fingerprint density at radius 1 is 1.10 bits per heavy atom. The van der Waals surface area contributed by atoms with Crippen molar-refractivity contribution in [1.82, 2.24) is 0 Å². The molecule has 5 rings (SSSR count). The van der Waals surface area contributed by atoms with Crippen LogP contribution in [0.3, 0.4) is 0 Å². The van der Waals surface area contributed by atoms with Crippen LogP contribution in [0.1, 0.15) is 115 Å². The molecule has 4 aliphatic carbocycles. The van der Waals surface area contributed by atoms with Crippen LogP contribution >= 0.6 is 0 Å². The fourth-order valence-corrected chi connectivity index (χ4v) is 9.43. The van der Waals surface area contributed by atoms with Gasteiger partial charge in [-0.25, -0.2) is 0 Å².